The Morgan fingerprint density at radius 1 is 1.29 bits per heavy atom. The summed E-state index contributed by atoms with van der Waals surface area (Å²) in [5.74, 6) is 1.67. The molecule has 0 amide bonds. The number of anilines is 1. The van der Waals surface area contributed by atoms with Crippen LogP contribution in [0.3, 0.4) is 0 Å². The van der Waals surface area contributed by atoms with E-state index in [0.29, 0.717) is 17.3 Å². The van der Waals surface area contributed by atoms with E-state index in [1.54, 1.807) is 14.0 Å². The number of ether oxygens (including phenoxy) is 1. The van der Waals surface area contributed by atoms with Crippen LogP contribution in [0.15, 0.2) is 22.7 Å². The summed E-state index contributed by atoms with van der Waals surface area (Å²) in [5.41, 5.74) is 7.23. The van der Waals surface area contributed by atoms with Gasteiger partial charge in [-0.15, -0.1) is 10.2 Å². The predicted molar refractivity (Wildman–Crippen MR) is 68.7 cm³/mol. The van der Waals surface area contributed by atoms with Crippen LogP contribution in [0.5, 0.6) is 5.75 Å². The van der Waals surface area contributed by atoms with Crippen molar-refractivity contribution in [1.29, 1.82) is 0 Å². The van der Waals surface area contributed by atoms with E-state index in [0.717, 1.165) is 15.8 Å². The number of methoxy groups -OCH3 is 1. The molecule has 0 aliphatic heterocycles. The third kappa shape index (κ3) is 2.36. The zero-order valence-corrected chi connectivity index (χ0v) is 11.0. The van der Waals surface area contributed by atoms with Gasteiger partial charge in [0.05, 0.1) is 11.6 Å². The van der Waals surface area contributed by atoms with E-state index >= 15 is 0 Å². The Bertz CT molecular complexity index is 559. The van der Waals surface area contributed by atoms with Gasteiger partial charge in [0.2, 0.25) is 0 Å². The van der Waals surface area contributed by atoms with Gasteiger partial charge in [-0.1, -0.05) is 0 Å². The predicted octanol–water partition coefficient (Wildman–Crippen LogP) is 2.20. The third-order valence-electron chi connectivity index (χ3n) is 2.24. The summed E-state index contributed by atoms with van der Waals surface area (Å²) in [4.78, 5) is 4.08. The number of nitrogen functional groups attached to an aromatic ring is 1. The topological polar surface area (TPSA) is 73.9 Å². The second kappa shape index (κ2) is 4.67. The molecule has 1 heterocycles. The van der Waals surface area contributed by atoms with E-state index in [9.17, 15) is 0 Å². The molecule has 5 nitrogen and oxygen atoms in total. The van der Waals surface area contributed by atoms with E-state index in [-0.39, 0.29) is 0 Å². The Balaban J connectivity index is 2.50. The van der Waals surface area contributed by atoms with Crippen molar-refractivity contribution < 1.29 is 4.74 Å². The van der Waals surface area contributed by atoms with E-state index in [4.69, 9.17) is 10.5 Å². The molecule has 0 aliphatic rings. The van der Waals surface area contributed by atoms with Gasteiger partial charge in [0, 0.05) is 5.56 Å². The van der Waals surface area contributed by atoms with Gasteiger partial charge in [-0.3, -0.25) is 0 Å². The van der Waals surface area contributed by atoms with E-state index < -0.39 is 0 Å². The summed E-state index contributed by atoms with van der Waals surface area (Å²) in [6, 6.07) is 5.57. The molecule has 0 saturated heterocycles. The fraction of sp³-hybridized carbons (Fsp3) is 0.182. The first-order valence-corrected chi connectivity index (χ1v) is 5.72. The van der Waals surface area contributed by atoms with Crippen LogP contribution in [-0.4, -0.2) is 22.3 Å². The molecule has 6 heteroatoms. The van der Waals surface area contributed by atoms with E-state index in [2.05, 4.69) is 31.1 Å². The largest absolute Gasteiger partial charge is 0.496 e. The minimum absolute atomic E-state index is 0.370. The van der Waals surface area contributed by atoms with Crippen LogP contribution in [0.2, 0.25) is 0 Å². The van der Waals surface area contributed by atoms with Crippen molar-refractivity contribution in [2.24, 2.45) is 0 Å². The van der Waals surface area contributed by atoms with Gasteiger partial charge in [-0.25, -0.2) is 4.98 Å². The Kier molecular flexibility index (Phi) is 3.23. The fourth-order valence-electron chi connectivity index (χ4n) is 1.44. The van der Waals surface area contributed by atoms with Gasteiger partial charge in [-0.2, -0.15) is 0 Å². The average molecular weight is 295 g/mol. The van der Waals surface area contributed by atoms with Crippen molar-refractivity contribution >= 4 is 21.7 Å². The van der Waals surface area contributed by atoms with Crippen molar-refractivity contribution in [1.82, 2.24) is 15.2 Å². The maximum Gasteiger partial charge on any atom is 0.154 e. The lowest BCUT2D eigenvalue weighted by Crippen LogP contribution is -2.02. The van der Waals surface area contributed by atoms with Crippen LogP contribution < -0.4 is 10.5 Å². The molecule has 88 valence electrons. The first-order valence-electron chi connectivity index (χ1n) is 4.92. The summed E-state index contributed by atoms with van der Waals surface area (Å²) in [6.45, 7) is 1.75. The summed E-state index contributed by atoms with van der Waals surface area (Å²) < 4.78 is 5.99. The summed E-state index contributed by atoms with van der Waals surface area (Å²) >= 11 is 3.41. The monoisotopic (exact) mass is 294 g/mol. The molecule has 2 rings (SSSR count). The molecule has 0 unspecified atom stereocenters. The smallest absolute Gasteiger partial charge is 0.154 e. The van der Waals surface area contributed by atoms with Crippen molar-refractivity contribution in [3.05, 3.63) is 28.5 Å². The average Bonchev–Trinajstić information content (AvgIpc) is 2.29. The van der Waals surface area contributed by atoms with Crippen LogP contribution in [-0.2, 0) is 0 Å². The number of nitrogens with zero attached hydrogens (tertiary/aromatic N) is 3. The quantitative estimate of drug-likeness (QED) is 0.919. The lowest BCUT2D eigenvalue weighted by Gasteiger charge is -2.07. The highest BCUT2D eigenvalue weighted by Gasteiger charge is 2.09. The number of aryl methyl sites for hydroxylation is 1. The van der Waals surface area contributed by atoms with Crippen LogP contribution in [0.4, 0.5) is 5.82 Å². The standard InChI is InChI=1S/C11H11BrN4O/c1-6-14-11(13)10(16-15-6)7-3-4-9(17-2)8(12)5-7/h3-5H,1-2H3,(H2,13,14,15). The van der Waals surface area contributed by atoms with Crippen LogP contribution in [0.1, 0.15) is 5.82 Å². The fourth-order valence-corrected chi connectivity index (χ4v) is 1.98. The lowest BCUT2D eigenvalue weighted by atomic mass is 10.1. The molecular formula is C11H11BrN4O. The molecule has 2 N–H and O–H groups in total. The van der Waals surface area contributed by atoms with Crippen molar-refractivity contribution in [2.45, 2.75) is 6.92 Å². The molecule has 0 bridgehead atoms. The zero-order chi connectivity index (χ0) is 12.4. The van der Waals surface area contributed by atoms with Crippen molar-refractivity contribution in [3.8, 4) is 17.0 Å². The van der Waals surface area contributed by atoms with Gasteiger partial charge in [0.25, 0.3) is 0 Å². The number of benzene rings is 1. The molecule has 1 aromatic heterocycles. The SMILES string of the molecule is COc1ccc(-c2nnc(C)nc2N)cc1Br. The highest BCUT2D eigenvalue weighted by atomic mass is 79.9. The second-order valence-corrected chi connectivity index (χ2v) is 4.30. The van der Waals surface area contributed by atoms with Crippen LogP contribution in [0.25, 0.3) is 11.3 Å². The minimum atomic E-state index is 0.370. The minimum Gasteiger partial charge on any atom is -0.496 e. The molecule has 0 radical (unpaired) electrons. The Morgan fingerprint density at radius 3 is 2.65 bits per heavy atom. The molecule has 0 atom stereocenters. The maximum atomic E-state index is 5.81. The molecule has 17 heavy (non-hydrogen) atoms. The van der Waals surface area contributed by atoms with Gasteiger partial charge in [0.15, 0.2) is 5.82 Å². The molecular weight excluding hydrogens is 284 g/mol. The van der Waals surface area contributed by atoms with Crippen LogP contribution in [0, 0.1) is 6.92 Å². The van der Waals surface area contributed by atoms with E-state index in [1.807, 2.05) is 18.2 Å². The normalized spacial score (nSPS) is 10.3. The number of hydrogen-bond acceptors (Lipinski definition) is 5. The van der Waals surface area contributed by atoms with Crippen molar-refractivity contribution in [2.75, 3.05) is 12.8 Å². The zero-order valence-electron chi connectivity index (χ0n) is 9.44. The first kappa shape index (κ1) is 11.8. The van der Waals surface area contributed by atoms with Gasteiger partial charge in [0.1, 0.15) is 17.3 Å². The molecule has 2 aromatic rings. The van der Waals surface area contributed by atoms with Crippen molar-refractivity contribution in [3.63, 3.8) is 0 Å². The molecule has 0 spiro atoms. The molecule has 0 aliphatic carbocycles. The highest BCUT2D eigenvalue weighted by Crippen LogP contribution is 2.30. The number of nitrogens with two attached hydrogens (primary N) is 1. The van der Waals surface area contributed by atoms with Gasteiger partial charge >= 0.3 is 0 Å². The number of halogens is 1. The second-order valence-electron chi connectivity index (χ2n) is 3.44. The number of hydrogen-bond donors (Lipinski definition) is 1. The third-order valence-corrected chi connectivity index (χ3v) is 2.86. The first-order chi connectivity index (χ1) is 8.11. The summed E-state index contributed by atoms with van der Waals surface area (Å²) in [6.07, 6.45) is 0. The Morgan fingerprint density at radius 2 is 2.06 bits per heavy atom. The molecule has 0 saturated carbocycles. The Hall–Kier alpha value is -1.69. The van der Waals surface area contributed by atoms with Crippen LogP contribution >= 0.6 is 15.9 Å². The maximum absolute atomic E-state index is 5.81. The van der Waals surface area contributed by atoms with Gasteiger partial charge in [-0.05, 0) is 41.1 Å². The molecule has 0 fully saturated rings. The molecule has 1 aromatic carbocycles. The number of aromatic nitrogens is 3. The van der Waals surface area contributed by atoms with E-state index in [1.165, 1.54) is 0 Å². The lowest BCUT2D eigenvalue weighted by molar-refractivity contribution is 0.412. The highest BCUT2D eigenvalue weighted by molar-refractivity contribution is 9.10. The number of rotatable bonds is 2. The van der Waals surface area contributed by atoms with Gasteiger partial charge < -0.3 is 10.5 Å². The summed E-state index contributed by atoms with van der Waals surface area (Å²) in [5, 5.41) is 7.95. The Labute approximate surface area is 107 Å². The summed E-state index contributed by atoms with van der Waals surface area (Å²) in [7, 11) is 1.61.